The molecule has 79 heavy (non-hydrogen) atoms. The normalized spacial score (nSPS) is 18.2. The molecule has 0 spiro atoms. The number of carbonyl (C=O) groups is 4. The SMILES string of the molecule is CCCCCCCCOc1cc2c(c(OC(=O)ON3C(C)(C)CCCC3(C)C)c1OCCCCCCCC)C(=O)c1cc(OCCCCCCCC)c(OCCCCCCCC)c(OC(=O)C3CC(C)(C)N([O])C3(C)C)c1C2=O. The van der Waals surface area contributed by atoms with Gasteiger partial charge in [-0.15, -0.1) is 15.3 Å². The molecule has 0 aromatic heterocycles. The van der Waals surface area contributed by atoms with Crippen LogP contribution < -0.4 is 28.4 Å². The molecule has 1 aliphatic carbocycles. The van der Waals surface area contributed by atoms with Crippen molar-refractivity contribution in [3.8, 4) is 34.5 Å². The van der Waals surface area contributed by atoms with Crippen LogP contribution >= 0.6 is 0 Å². The van der Waals surface area contributed by atoms with Crippen LogP contribution in [0.4, 0.5) is 4.79 Å². The molecule has 0 bridgehead atoms. The van der Waals surface area contributed by atoms with Crippen molar-refractivity contribution in [2.45, 2.75) is 285 Å². The van der Waals surface area contributed by atoms with Gasteiger partial charge in [-0.1, -0.05) is 156 Å². The molecule has 2 fully saturated rings. The predicted octanol–water partition coefficient (Wildman–Crippen LogP) is 17.0. The summed E-state index contributed by atoms with van der Waals surface area (Å²) >= 11 is 0. The van der Waals surface area contributed by atoms with Gasteiger partial charge in [0.1, 0.15) is 0 Å². The molecule has 0 amide bonds. The van der Waals surface area contributed by atoms with Gasteiger partial charge in [0, 0.05) is 16.7 Å². The second kappa shape index (κ2) is 31.1. The summed E-state index contributed by atoms with van der Waals surface area (Å²) in [6.07, 6.45) is 25.5. The van der Waals surface area contributed by atoms with Crippen LogP contribution in [0, 0.1) is 5.92 Å². The zero-order valence-electron chi connectivity index (χ0n) is 51.2. The van der Waals surface area contributed by atoms with Crippen LogP contribution in [0.25, 0.3) is 0 Å². The quantitative estimate of drug-likeness (QED) is 0.0234. The molecule has 14 heteroatoms. The van der Waals surface area contributed by atoms with E-state index in [4.69, 9.17) is 33.3 Å². The van der Waals surface area contributed by atoms with Crippen LogP contribution in [0.15, 0.2) is 12.1 Å². The number of fused-ring (bicyclic) bond motifs is 2. The van der Waals surface area contributed by atoms with E-state index in [9.17, 15) is 14.8 Å². The van der Waals surface area contributed by atoms with E-state index in [1.54, 1.807) is 32.8 Å². The van der Waals surface area contributed by atoms with Gasteiger partial charge in [0.25, 0.3) is 0 Å². The number of nitrogens with zero attached hydrogens (tertiary/aromatic N) is 2. The van der Waals surface area contributed by atoms with Crippen molar-refractivity contribution >= 4 is 23.7 Å². The molecule has 5 rings (SSSR count). The standard InChI is InChI=1S/C65H103N2O12/c1-13-17-21-25-29-33-40-73-50-44-47-52(58(56(50)75-42-35-31-27-23-19-15-3)77-60(70)49-46-64(9,10)66(72)65(49,11)12)54(68)48-45-51(74-41-34-30-26-22-18-14-2)57(76-43-36-32-28-24-20-16-4)59(53(48)55(47)69)78-61(71)79-67-62(5,6)38-37-39-63(67,7)8/h44-45,49H,13-43,46H2,1-12H3. The molecule has 2 aliphatic heterocycles. The summed E-state index contributed by atoms with van der Waals surface area (Å²) in [5, 5.41) is 16.4. The summed E-state index contributed by atoms with van der Waals surface area (Å²) in [4.78, 5) is 67.3. The topological polar surface area (TPSA) is 159 Å². The second-order valence-corrected chi connectivity index (χ2v) is 25.2. The van der Waals surface area contributed by atoms with Gasteiger partial charge in [-0.05, 0) is 119 Å². The first-order valence-electron chi connectivity index (χ1n) is 31.1. The number of esters is 1. The third kappa shape index (κ3) is 17.6. The molecule has 1 unspecified atom stereocenters. The van der Waals surface area contributed by atoms with Crippen molar-refractivity contribution in [2.24, 2.45) is 5.92 Å². The number of unbranched alkanes of at least 4 members (excludes halogenated alkanes) is 20. The van der Waals surface area contributed by atoms with E-state index in [1.165, 1.54) is 12.1 Å². The van der Waals surface area contributed by atoms with Gasteiger partial charge >= 0.3 is 12.1 Å². The van der Waals surface area contributed by atoms with Crippen molar-refractivity contribution in [1.82, 2.24) is 10.1 Å². The molecule has 2 heterocycles. The lowest BCUT2D eigenvalue weighted by Gasteiger charge is -2.49. The number of rotatable bonds is 36. The third-order valence-corrected chi connectivity index (χ3v) is 16.5. The van der Waals surface area contributed by atoms with Crippen molar-refractivity contribution in [2.75, 3.05) is 26.4 Å². The Balaban J connectivity index is 1.72. The minimum atomic E-state index is -1.17. The molecule has 3 aliphatic rings. The third-order valence-electron chi connectivity index (χ3n) is 16.5. The van der Waals surface area contributed by atoms with Crippen LogP contribution in [0.2, 0.25) is 0 Å². The Bertz CT molecular complexity index is 2270. The van der Waals surface area contributed by atoms with E-state index < -0.39 is 51.8 Å². The summed E-state index contributed by atoms with van der Waals surface area (Å²) in [5.41, 5.74) is -3.82. The maximum absolute atomic E-state index is 15.9. The van der Waals surface area contributed by atoms with Crippen LogP contribution in [0.1, 0.15) is 295 Å². The zero-order valence-corrected chi connectivity index (χ0v) is 51.2. The largest absolute Gasteiger partial charge is 0.533 e. The number of hydrogen-bond donors (Lipinski definition) is 0. The van der Waals surface area contributed by atoms with Gasteiger partial charge in [0.2, 0.25) is 11.5 Å². The van der Waals surface area contributed by atoms with E-state index in [-0.39, 0.29) is 89.6 Å². The highest BCUT2D eigenvalue weighted by atomic mass is 16.8. The molecule has 445 valence electrons. The molecule has 1 atom stereocenters. The molecule has 2 aromatic carbocycles. The number of hydroxylamine groups is 4. The summed E-state index contributed by atoms with van der Waals surface area (Å²) < 4.78 is 39.3. The number of benzene rings is 2. The van der Waals surface area contributed by atoms with Crippen molar-refractivity contribution in [1.29, 1.82) is 0 Å². The Labute approximate surface area is 475 Å². The number of hydrogen-bond acceptors (Lipinski definition) is 13. The highest BCUT2D eigenvalue weighted by Crippen LogP contribution is 2.53. The highest BCUT2D eigenvalue weighted by Gasteiger charge is 2.56. The predicted molar refractivity (Wildman–Crippen MR) is 311 cm³/mol. The maximum Gasteiger partial charge on any atom is 0.533 e. The summed E-state index contributed by atoms with van der Waals surface area (Å²) in [6.45, 7) is 24.8. The molecular formula is C65H103N2O12. The fourth-order valence-corrected chi connectivity index (χ4v) is 11.9. The molecule has 2 aromatic rings. The van der Waals surface area contributed by atoms with Gasteiger partial charge in [-0.2, -0.15) is 0 Å². The molecule has 14 nitrogen and oxygen atoms in total. The van der Waals surface area contributed by atoms with Gasteiger partial charge in [0.05, 0.1) is 60.1 Å². The van der Waals surface area contributed by atoms with Crippen LogP contribution in [-0.2, 0) is 14.8 Å². The van der Waals surface area contributed by atoms with Crippen LogP contribution in [0.5, 0.6) is 34.5 Å². The van der Waals surface area contributed by atoms with E-state index >= 15 is 9.59 Å². The van der Waals surface area contributed by atoms with Crippen LogP contribution in [-0.4, -0.2) is 82.4 Å². The minimum Gasteiger partial charge on any atom is -0.490 e. The number of ether oxygens (including phenoxy) is 6. The summed E-state index contributed by atoms with van der Waals surface area (Å²) in [6, 6.07) is 3.01. The van der Waals surface area contributed by atoms with E-state index in [0.717, 1.165) is 153 Å². The molecular weight excluding hydrogens is 1000 g/mol. The van der Waals surface area contributed by atoms with Crippen LogP contribution in [0.3, 0.4) is 0 Å². The molecule has 0 N–H and O–H groups in total. The first-order chi connectivity index (χ1) is 37.7. The van der Waals surface area contributed by atoms with Gasteiger partial charge < -0.3 is 33.3 Å². The average molecular weight is 1100 g/mol. The highest BCUT2D eigenvalue weighted by molar-refractivity contribution is 6.31. The van der Waals surface area contributed by atoms with E-state index in [0.29, 0.717) is 25.7 Å². The van der Waals surface area contributed by atoms with Crippen molar-refractivity contribution in [3.05, 3.63) is 34.4 Å². The van der Waals surface area contributed by atoms with Crippen molar-refractivity contribution in [3.63, 3.8) is 0 Å². The fraction of sp³-hybridized carbons (Fsp3) is 0.754. The zero-order chi connectivity index (χ0) is 57.8. The Morgan fingerprint density at radius 1 is 0.481 bits per heavy atom. The van der Waals surface area contributed by atoms with Crippen molar-refractivity contribution < 1.29 is 57.6 Å². The first kappa shape index (κ1) is 65.4. The smallest absolute Gasteiger partial charge is 0.490 e. The van der Waals surface area contributed by atoms with Gasteiger partial charge in [-0.25, -0.2) is 4.79 Å². The number of ketones is 2. The minimum absolute atomic E-state index is 0.0235. The number of carbonyl (C=O) groups excluding carboxylic acids is 4. The fourth-order valence-electron chi connectivity index (χ4n) is 11.9. The van der Waals surface area contributed by atoms with Gasteiger partial charge in [0.15, 0.2) is 34.6 Å². The average Bonchev–Trinajstić information content (AvgIpc) is 3.63. The monoisotopic (exact) mass is 1100 g/mol. The lowest BCUT2D eigenvalue weighted by Crippen LogP contribution is -2.59. The summed E-state index contributed by atoms with van der Waals surface area (Å²) in [5.74, 6) is -3.22. The summed E-state index contributed by atoms with van der Waals surface area (Å²) in [7, 11) is 0. The molecule has 0 saturated carbocycles. The Morgan fingerprint density at radius 3 is 1.20 bits per heavy atom. The first-order valence-corrected chi connectivity index (χ1v) is 31.1. The maximum atomic E-state index is 15.9. The lowest BCUT2D eigenvalue weighted by atomic mass is 9.82. The Hall–Kier alpha value is -4.40. The Kier molecular flexibility index (Phi) is 25.8. The van der Waals surface area contributed by atoms with Gasteiger partial charge in [-0.3, -0.25) is 14.4 Å². The van der Waals surface area contributed by atoms with E-state index in [1.807, 2.05) is 27.7 Å². The van der Waals surface area contributed by atoms with E-state index in [2.05, 4.69) is 27.7 Å². The lowest BCUT2D eigenvalue weighted by molar-refractivity contribution is -0.248. The Morgan fingerprint density at radius 2 is 0.835 bits per heavy atom. The second-order valence-electron chi connectivity index (χ2n) is 25.2. The number of piperidine rings is 1. The molecule has 2 saturated heterocycles. The molecule has 1 radical (unpaired) electrons.